The van der Waals surface area contributed by atoms with E-state index in [2.05, 4.69) is 9.84 Å². The molecule has 0 spiro atoms. The number of halogens is 4. The molecule has 0 fully saturated rings. The molecule has 2 heterocycles. The highest BCUT2D eigenvalue weighted by atomic mass is 35.5. The number of aromatic nitrogens is 2. The Hall–Kier alpha value is -3.04. The Kier molecular flexibility index (Phi) is 8.73. The second-order valence-corrected chi connectivity index (χ2v) is 12.3. The Morgan fingerprint density at radius 2 is 1.90 bits per heavy atom. The van der Waals surface area contributed by atoms with Crippen LogP contribution in [-0.2, 0) is 37.3 Å². The van der Waals surface area contributed by atoms with E-state index < -0.39 is 64.8 Å². The lowest BCUT2D eigenvalue weighted by molar-refractivity contribution is -0.257. The standard InChI is InChI=1S/C24H29ClF3N3O8S/c1-5-30-12-18(20(25)29-30)40(36,37)31-11-15(10-23(4,13-32)21(34)35)38-17-7-6-14(8-16(17)31)9-19(33)39-22(2,3)24(26,27)28/h6-8,12,15,32H,5,9-11,13H2,1-4H3,(H,34,35)/t15-,23+/m0/s1. The summed E-state index contributed by atoms with van der Waals surface area (Å²) >= 11 is 6.13. The summed E-state index contributed by atoms with van der Waals surface area (Å²) in [6.45, 7) is 3.58. The molecule has 2 N–H and O–H groups in total. The average molecular weight is 612 g/mol. The zero-order valence-electron chi connectivity index (χ0n) is 22.0. The fourth-order valence-corrected chi connectivity index (χ4v) is 5.85. The third-order valence-electron chi connectivity index (χ3n) is 6.48. The van der Waals surface area contributed by atoms with Crippen LogP contribution in [0, 0.1) is 5.41 Å². The van der Waals surface area contributed by atoms with Crippen LogP contribution >= 0.6 is 11.6 Å². The molecule has 222 valence electrons. The van der Waals surface area contributed by atoms with Gasteiger partial charge in [-0.25, -0.2) is 8.42 Å². The van der Waals surface area contributed by atoms with Gasteiger partial charge in [-0.15, -0.1) is 0 Å². The number of fused-ring (bicyclic) bond motifs is 1. The van der Waals surface area contributed by atoms with E-state index in [-0.39, 0.29) is 33.5 Å². The van der Waals surface area contributed by atoms with Gasteiger partial charge in [0.25, 0.3) is 10.0 Å². The number of aliphatic hydroxyl groups is 1. The summed E-state index contributed by atoms with van der Waals surface area (Å²) in [5, 5.41) is 22.9. The number of aryl methyl sites for hydroxylation is 1. The molecule has 0 radical (unpaired) electrons. The Bertz CT molecular complexity index is 1400. The van der Waals surface area contributed by atoms with Crippen LogP contribution in [0.1, 0.15) is 39.7 Å². The summed E-state index contributed by atoms with van der Waals surface area (Å²) in [5.41, 5.74) is -4.33. The first kappa shape index (κ1) is 31.5. The number of nitrogens with zero attached hydrogens (tertiary/aromatic N) is 3. The lowest BCUT2D eigenvalue weighted by Gasteiger charge is -2.38. The predicted octanol–water partition coefficient (Wildman–Crippen LogP) is 3.41. The lowest BCUT2D eigenvalue weighted by Crippen LogP contribution is -2.47. The number of esters is 1. The Morgan fingerprint density at radius 1 is 1.25 bits per heavy atom. The topological polar surface area (TPSA) is 148 Å². The van der Waals surface area contributed by atoms with Crippen LogP contribution in [0.5, 0.6) is 5.75 Å². The molecular weight excluding hydrogens is 583 g/mol. The maximum absolute atomic E-state index is 13.8. The van der Waals surface area contributed by atoms with Crippen LogP contribution in [0.2, 0.25) is 5.15 Å². The SMILES string of the molecule is CCn1cc(S(=O)(=O)N2C[C@H](C[C@](C)(CO)C(=O)O)Oc3ccc(CC(=O)OC(C)(C)C(F)(F)F)cc32)c(Cl)n1. The lowest BCUT2D eigenvalue weighted by atomic mass is 9.85. The molecule has 0 saturated carbocycles. The zero-order chi connectivity index (χ0) is 30.3. The Labute approximate surface area is 233 Å². The third-order valence-corrected chi connectivity index (χ3v) is 8.65. The summed E-state index contributed by atoms with van der Waals surface area (Å²) in [7, 11) is -4.44. The number of carbonyl (C=O) groups is 2. The van der Waals surface area contributed by atoms with E-state index >= 15 is 0 Å². The number of carbonyl (C=O) groups excluding carboxylic acids is 1. The molecule has 1 aromatic heterocycles. The monoisotopic (exact) mass is 611 g/mol. The molecule has 0 bridgehead atoms. The number of aliphatic hydroxyl groups excluding tert-OH is 1. The summed E-state index contributed by atoms with van der Waals surface area (Å²) < 4.78 is 79.8. The van der Waals surface area contributed by atoms with Gasteiger partial charge in [-0.05, 0) is 45.4 Å². The molecule has 0 unspecified atom stereocenters. The number of hydrogen-bond donors (Lipinski definition) is 2. The van der Waals surface area contributed by atoms with Crippen LogP contribution in [0.4, 0.5) is 18.9 Å². The van der Waals surface area contributed by atoms with Gasteiger partial charge in [-0.3, -0.25) is 18.6 Å². The largest absolute Gasteiger partial charge is 0.486 e. The molecule has 16 heteroatoms. The van der Waals surface area contributed by atoms with Gasteiger partial charge in [0, 0.05) is 19.2 Å². The quantitative estimate of drug-likeness (QED) is 0.386. The first-order valence-corrected chi connectivity index (χ1v) is 13.8. The average Bonchev–Trinajstić information content (AvgIpc) is 3.24. The highest BCUT2D eigenvalue weighted by Gasteiger charge is 2.51. The van der Waals surface area contributed by atoms with Crippen molar-refractivity contribution in [3.05, 3.63) is 35.1 Å². The maximum atomic E-state index is 13.8. The van der Waals surface area contributed by atoms with Crippen molar-refractivity contribution in [2.45, 2.75) is 69.9 Å². The van der Waals surface area contributed by atoms with Crippen LogP contribution in [0.15, 0.2) is 29.3 Å². The van der Waals surface area contributed by atoms with Gasteiger partial charge in [0.1, 0.15) is 16.7 Å². The van der Waals surface area contributed by atoms with E-state index in [9.17, 15) is 41.4 Å². The van der Waals surface area contributed by atoms with E-state index in [0.717, 1.165) is 4.31 Å². The van der Waals surface area contributed by atoms with Crippen molar-refractivity contribution in [3.63, 3.8) is 0 Å². The first-order valence-electron chi connectivity index (χ1n) is 12.0. The minimum Gasteiger partial charge on any atom is -0.486 e. The number of carboxylic acids is 1. The minimum atomic E-state index is -4.81. The molecule has 0 saturated heterocycles. The molecule has 1 aliphatic heterocycles. The van der Waals surface area contributed by atoms with Crippen LogP contribution < -0.4 is 9.04 Å². The highest BCUT2D eigenvalue weighted by molar-refractivity contribution is 7.93. The van der Waals surface area contributed by atoms with Crippen LogP contribution in [-0.4, -0.2) is 71.4 Å². The highest BCUT2D eigenvalue weighted by Crippen LogP contribution is 2.41. The Morgan fingerprint density at radius 3 is 2.42 bits per heavy atom. The Balaban J connectivity index is 2.03. The number of alkyl halides is 3. The second-order valence-electron chi connectivity index (χ2n) is 10.1. The molecule has 11 nitrogen and oxygen atoms in total. The van der Waals surface area contributed by atoms with Gasteiger partial charge in [-0.2, -0.15) is 18.3 Å². The van der Waals surface area contributed by atoms with Crippen molar-refractivity contribution in [1.82, 2.24) is 9.78 Å². The van der Waals surface area contributed by atoms with Crippen molar-refractivity contribution in [3.8, 4) is 5.75 Å². The number of benzene rings is 1. The van der Waals surface area contributed by atoms with Crippen molar-refractivity contribution in [2.24, 2.45) is 5.41 Å². The second kappa shape index (κ2) is 11.1. The van der Waals surface area contributed by atoms with Crippen molar-refractivity contribution >= 4 is 39.3 Å². The number of sulfonamides is 1. The fraction of sp³-hybridized carbons (Fsp3) is 0.542. The smallest absolute Gasteiger partial charge is 0.427 e. The first-order chi connectivity index (χ1) is 18.3. The van der Waals surface area contributed by atoms with Crippen LogP contribution in [0.25, 0.3) is 0 Å². The number of ether oxygens (including phenoxy) is 2. The molecule has 1 aromatic carbocycles. The molecule has 0 amide bonds. The summed E-state index contributed by atoms with van der Waals surface area (Å²) in [4.78, 5) is 23.8. The summed E-state index contributed by atoms with van der Waals surface area (Å²) in [6, 6.07) is 3.92. The molecule has 1 aliphatic rings. The number of hydrogen-bond acceptors (Lipinski definition) is 8. The van der Waals surface area contributed by atoms with Gasteiger partial charge < -0.3 is 19.7 Å². The van der Waals surface area contributed by atoms with E-state index in [1.807, 2.05) is 0 Å². The van der Waals surface area contributed by atoms with E-state index in [0.29, 0.717) is 20.4 Å². The summed E-state index contributed by atoms with van der Waals surface area (Å²) in [6.07, 6.45) is -5.50. The third kappa shape index (κ3) is 6.31. The maximum Gasteiger partial charge on any atom is 0.427 e. The number of rotatable bonds is 10. The fourth-order valence-electron chi connectivity index (χ4n) is 3.90. The molecule has 40 heavy (non-hydrogen) atoms. The normalized spacial score (nSPS) is 17.5. The number of carboxylic acid groups (broad SMARTS) is 1. The van der Waals surface area contributed by atoms with Gasteiger partial charge in [0.15, 0.2) is 5.15 Å². The van der Waals surface area contributed by atoms with Gasteiger partial charge in [0.2, 0.25) is 5.60 Å². The zero-order valence-corrected chi connectivity index (χ0v) is 23.6. The van der Waals surface area contributed by atoms with Crippen molar-refractivity contribution in [1.29, 1.82) is 0 Å². The number of anilines is 1. The van der Waals surface area contributed by atoms with E-state index in [1.165, 1.54) is 36.0 Å². The van der Waals surface area contributed by atoms with Crippen molar-refractivity contribution < 1.29 is 50.9 Å². The number of aliphatic carboxylic acids is 1. The van der Waals surface area contributed by atoms with E-state index in [4.69, 9.17) is 16.3 Å². The van der Waals surface area contributed by atoms with Gasteiger partial charge >= 0.3 is 18.1 Å². The van der Waals surface area contributed by atoms with E-state index in [1.54, 1.807) is 6.92 Å². The van der Waals surface area contributed by atoms with Crippen LogP contribution in [0.3, 0.4) is 0 Å². The molecule has 3 rings (SSSR count). The molecule has 2 atom stereocenters. The summed E-state index contributed by atoms with van der Waals surface area (Å²) in [5.74, 6) is -2.52. The molecule has 2 aromatic rings. The predicted molar refractivity (Wildman–Crippen MR) is 136 cm³/mol. The van der Waals surface area contributed by atoms with Crippen molar-refractivity contribution in [2.75, 3.05) is 17.5 Å². The molecular formula is C24H29ClF3N3O8S. The minimum absolute atomic E-state index is 0.00255. The molecule has 0 aliphatic carbocycles. The van der Waals surface area contributed by atoms with Gasteiger partial charge in [-0.1, -0.05) is 17.7 Å². The van der Waals surface area contributed by atoms with Gasteiger partial charge in [0.05, 0.1) is 30.7 Å².